The van der Waals surface area contributed by atoms with Crippen LogP contribution in [0.2, 0.25) is 0 Å². The number of likely N-dealkylation sites (tertiary alicyclic amines) is 1. The van der Waals surface area contributed by atoms with E-state index in [2.05, 4.69) is 13.8 Å². The molecule has 23 heavy (non-hydrogen) atoms. The predicted octanol–water partition coefficient (Wildman–Crippen LogP) is 3.59. The Labute approximate surface area is 134 Å². The van der Waals surface area contributed by atoms with Gasteiger partial charge in [0.25, 0.3) is 5.91 Å². The molecule has 1 unspecified atom stereocenters. The predicted molar refractivity (Wildman–Crippen MR) is 81.2 cm³/mol. The fourth-order valence-electron chi connectivity index (χ4n) is 2.88. The molecule has 0 aliphatic carbocycles. The van der Waals surface area contributed by atoms with Crippen LogP contribution < -0.4 is 0 Å². The minimum Gasteiger partial charge on any atom is -0.383 e. The van der Waals surface area contributed by atoms with Crippen LogP contribution in [0.3, 0.4) is 0 Å². The maximum absolute atomic E-state index is 12.5. The number of hydrogen-bond acceptors (Lipinski definition) is 2. The van der Waals surface area contributed by atoms with Crippen molar-refractivity contribution in [2.45, 2.75) is 44.9 Å². The number of aliphatic hydroxyl groups excluding tert-OH is 1. The fraction of sp³-hybridized carbons (Fsp3) is 0.588. The topological polar surface area (TPSA) is 40.5 Å². The van der Waals surface area contributed by atoms with Gasteiger partial charge < -0.3 is 10.0 Å². The second kappa shape index (κ2) is 6.91. The number of carbonyl (C=O) groups is 1. The zero-order valence-electron chi connectivity index (χ0n) is 13.3. The van der Waals surface area contributed by atoms with Gasteiger partial charge >= 0.3 is 6.18 Å². The van der Waals surface area contributed by atoms with Crippen LogP contribution in [-0.4, -0.2) is 41.3 Å². The van der Waals surface area contributed by atoms with Gasteiger partial charge in [0.2, 0.25) is 0 Å². The molecule has 3 nitrogen and oxygen atoms in total. The van der Waals surface area contributed by atoms with E-state index >= 15 is 0 Å². The molecule has 1 atom stereocenters. The van der Waals surface area contributed by atoms with Crippen LogP contribution in [0, 0.1) is 5.92 Å². The Hall–Kier alpha value is -1.56. The van der Waals surface area contributed by atoms with E-state index in [1.54, 1.807) is 17.0 Å². The highest BCUT2D eigenvalue weighted by molar-refractivity contribution is 5.94. The van der Waals surface area contributed by atoms with Gasteiger partial charge in [0.05, 0.1) is 0 Å². The molecule has 0 spiro atoms. The highest BCUT2D eigenvalue weighted by atomic mass is 19.4. The van der Waals surface area contributed by atoms with Gasteiger partial charge in [-0.25, -0.2) is 0 Å². The average Bonchev–Trinajstić information content (AvgIpc) is 2.53. The number of benzene rings is 1. The van der Waals surface area contributed by atoms with Crippen LogP contribution in [-0.2, 0) is 0 Å². The number of piperidine rings is 1. The van der Waals surface area contributed by atoms with Crippen molar-refractivity contribution in [2.24, 2.45) is 5.92 Å². The molecule has 0 bridgehead atoms. The third kappa shape index (κ3) is 4.25. The first kappa shape index (κ1) is 17.8. The van der Waals surface area contributed by atoms with E-state index in [-0.39, 0.29) is 31.8 Å². The first-order valence-corrected chi connectivity index (χ1v) is 7.84. The van der Waals surface area contributed by atoms with Crippen LogP contribution in [0.25, 0.3) is 0 Å². The van der Waals surface area contributed by atoms with Crippen molar-refractivity contribution in [3.8, 4) is 0 Å². The Morgan fingerprint density at radius 3 is 2.13 bits per heavy atom. The van der Waals surface area contributed by atoms with Gasteiger partial charge in [0.1, 0.15) is 0 Å². The van der Waals surface area contributed by atoms with Crippen LogP contribution >= 0.6 is 0 Å². The van der Waals surface area contributed by atoms with Gasteiger partial charge in [-0.3, -0.25) is 4.79 Å². The van der Waals surface area contributed by atoms with Gasteiger partial charge in [-0.05, 0) is 42.4 Å². The van der Waals surface area contributed by atoms with Gasteiger partial charge in [-0.15, -0.1) is 0 Å². The minimum absolute atomic E-state index is 0.163. The lowest BCUT2D eigenvalue weighted by atomic mass is 9.90. The third-order valence-electron chi connectivity index (χ3n) is 4.43. The Morgan fingerprint density at radius 2 is 1.70 bits per heavy atom. The van der Waals surface area contributed by atoms with Crippen LogP contribution in [0.4, 0.5) is 13.2 Å². The van der Waals surface area contributed by atoms with Crippen LogP contribution in [0.1, 0.15) is 48.5 Å². The molecule has 1 aromatic rings. The number of alkyl halides is 3. The molecular formula is C17H22F3NO2. The van der Waals surface area contributed by atoms with Crippen molar-refractivity contribution in [2.75, 3.05) is 13.1 Å². The van der Waals surface area contributed by atoms with Crippen molar-refractivity contribution in [3.63, 3.8) is 0 Å². The second-order valence-corrected chi connectivity index (χ2v) is 6.39. The summed E-state index contributed by atoms with van der Waals surface area (Å²) in [7, 11) is 0. The third-order valence-corrected chi connectivity index (χ3v) is 4.43. The Balaban J connectivity index is 1.96. The molecule has 1 fully saturated rings. The zero-order valence-corrected chi connectivity index (χ0v) is 13.3. The summed E-state index contributed by atoms with van der Waals surface area (Å²) in [6.45, 7) is 4.60. The van der Waals surface area contributed by atoms with E-state index in [9.17, 15) is 23.1 Å². The molecule has 2 rings (SSSR count). The van der Waals surface area contributed by atoms with Crippen LogP contribution in [0.5, 0.6) is 0 Å². The zero-order chi connectivity index (χ0) is 17.2. The lowest BCUT2D eigenvalue weighted by Gasteiger charge is -2.34. The summed E-state index contributed by atoms with van der Waals surface area (Å²) in [6.07, 6.45) is -6.57. The molecule has 128 valence electrons. The summed E-state index contributed by atoms with van der Waals surface area (Å²) in [5.74, 6) is -0.624. The van der Waals surface area contributed by atoms with Gasteiger partial charge in [-0.1, -0.05) is 26.0 Å². The average molecular weight is 329 g/mol. The van der Waals surface area contributed by atoms with Crippen molar-refractivity contribution < 1.29 is 23.1 Å². The van der Waals surface area contributed by atoms with Gasteiger partial charge in [0, 0.05) is 18.7 Å². The maximum Gasteiger partial charge on any atom is 0.414 e. The van der Waals surface area contributed by atoms with Crippen molar-refractivity contribution >= 4 is 5.91 Å². The summed E-state index contributed by atoms with van der Waals surface area (Å²) in [6, 6.07) is 7.32. The Bertz CT molecular complexity index is 532. The van der Waals surface area contributed by atoms with E-state index in [4.69, 9.17) is 0 Å². The highest BCUT2D eigenvalue weighted by Gasteiger charge is 2.44. The molecule has 1 saturated heterocycles. The molecule has 0 aromatic heterocycles. The normalized spacial score (nSPS) is 18.3. The first-order chi connectivity index (χ1) is 10.7. The second-order valence-electron chi connectivity index (χ2n) is 6.39. The number of amides is 1. The molecule has 1 N–H and O–H groups in total. The number of halogens is 3. The van der Waals surface area contributed by atoms with E-state index in [1.807, 2.05) is 12.1 Å². The largest absolute Gasteiger partial charge is 0.414 e. The Morgan fingerprint density at radius 1 is 1.17 bits per heavy atom. The van der Waals surface area contributed by atoms with E-state index in [0.717, 1.165) is 5.56 Å². The van der Waals surface area contributed by atoms with E-state index in [0.29, 0.717) is 11.5 Å². The number of hydrogen-bond donors (Lipinski definition) is 1. The summed E-state index contributed by atoms with van der Waals surface area (Å²) in [5, 5.41) is 9.31. The molecule has 1 aliphatic heterocycles. The standard InChI is InChI=1S/C17H22F3NO2/c1-11(2)12-3-5-14(6-4-12)16(23)21-9-7-13(8-10-21)15(22)17(18,19)20/h3-6,11,13,15,22H,7-10H2,1-2H3. The number of nitrogens with zero attached hydrogens (tertiary/aromatic N) is 1. The molecule has 1 heterocycles. The summed E-state index contributed by atoms with van der Waals surface area (Å²) in [4.78, 5) is 14.0. The van der Waals surface area contributed by atoms with Gasteiger partial charge in [-0.2, -0.15) is 13.2 Å². The molecule has 1 aliphatic rings. The summed E-state index contributed by atoms with van der Waals surface area (Å²) in [5.41, 5.74) is 1.68. The SMILES string of the molecule is CC(C)c1ccc(C(=O)N2CCC(C(O)C(F)(F)F)CC2)cc1. The monoisotopic (exact) mass is 329 g/mol. The highest BCUT2D eigenvalue weighted by Crippen LogP contribution is 2.32. The minimum atomic E-state index is -4.59. The van der Waals surface area contributed by atoms with Gasteiger partial charge in [0.15, 0.2) is 6.10 Å². The molecule has 6 heteroatoms. The van der Waals surface area contributed by atoms with Crippen molar-refractivity contribution in [1.82, 2.24) is 4.90 Å². The van der Waals surface area contributed by atoms with Crippen molar-refractivity contribution in [1.29, 1.82) is 0 Å². The van der Waals surface area contributed by atoms with Crippen molar-refractivity contribution in [3.05, 3.63) is 35.4 Å². The van der Waals surface area contributed by atoms with Crippen LogP contribution in [0.15, 0.2) is 24.3 Å². The lowest BCUT2D eigenvalue weighted by Crippen LogP contribution is -2.45. The van der Waals surface area contributed by atoms with E-state index in [1.165, 1.54) is 0 Å². The molecule has 1 aromatic carbocycles. The number of carbonyl (C=O) groups excluding carboxylic acids is 1. The smallest absolute Gasteiger partial charge is 0.383 e. The maximum atomic E-state index is 12.5. The molecular weight excluding hydrogens is 307 g/mol. The molecule has 1 amide bonds. The summed E-state index contributed by atoms with van der Waals surface area (Å²) >= 11 is 0. The summed E-state index contributed by atoms with van der Waals surface area (Å²) < 4.78 is 37.6. The Kier molecular flexibility index (Phi) is 5.34. The van der Waals surface area contributed by atoms with E-state index < -0.39 is 18.2 Å². The molecule has 0 radical (unpaired) electrons. The molecule has 0 saturated carbocycles. The fourth-order valence-corrected chi connectivity index (χ4v) is 2.88. The first-order valence-electron chi connectivity index (χ1n) is 7.84. The number of rotatable bonds is 3. The lowest BCUT2D eigenvalue weighted by molar-refractivity contribution is -0.222. The quantitative estimate of drug-likeness (QED) is 0.921. The number of aliphatic hydroxyl groups is 1.